The fraction of sp³-hybridized carbons (Fsp3) is 0. The van der Waals surface area contributed by atoms with Gasteiger partial charge in [-0.3, -0.25) is 0 Å². The second-order valence-electron chi connectivity index (χ2n) is 2.58. The first-order valence-corrected chi connectivity index (χ1v) is 5.55. The average Bonchev–Trinajstić information content (AvgIpc) is 2.14. The van der Waals surface area contributed by atoms with E-state index in [-0.39, 0.29) is 5.75 Å². The van der Waals surface area contributed by atoms with E-state index < -0.39 is 0 Å². The first kappa shape index (κ1) is 10.1. The van der Waals surface area contributed by atoms with E-state index in [1.807, 2.05) is 0 Å². The van der Waals surface area contributed by atoms with Gasteiger partial charge in [0.1, 0.15) is 17.0 Å². The summed E-state index contributed by atoms with van der Waals surface area (Å²) in [6.07, 6.45) is 1.31. The molecule has 0 spiro atoms. The molecule has 2 rings (SSSR count). The zero-order valence-corrected chi connectivity index (χ0v) is 10.6. The van der Waals surface area contributed by atoms with E-state index in [1.165, 1.54) is 6.33 Å². The third-order valence-electron chi connectivity index (χ3n) is 1.74. The smallest absolute Gasteiger partial charge is 0.156 e. The number of phenolic OH excluding ortho intramolecular Hbond substituents is 1. The summed E-state index contributed by atoms with van der Waals surface area (Å²) >= 11 is 12.4. The molecule has 0 aliphatic heterocycles. The molecule has 1 aromatic heterocycles. The van der Waals surface area contributed by atoms with Crippen LogP contribution in [0.4, 0.5) is 0 Å². The third-order valence-corrected chi connectivity index (χ3v) is 3.26. The van der Waals surface area contributed by atoms with Crippen LogP contribution in [0.1, 0.15) is 0 Å². The first-order chi connectivity index (χ1) is 6.61. The summed E-state index contributed by atoms with van der Waals surface area (Å²) in [6, 6.07) is 1.70. The molecule has 0 saturated carbocycles. The lowest BCUT2D eigenvalue weighted by Crippen LogP contribution is -1.86. The van der Waals surface area contributed by atoms with Gasteiger partial charge in [-0.1, -0.05) is 11.6 Å². The van der Waals surface area contributed by atoms with Gasteiger partial charge in [0.05, 0.1) is 9.86 Å². The van der Waals surface area contributed by atoms with Crippen molar-refractivity contribution in [2.24, 2.45) is 0 Å². The number of hydrogen-bond acceptors (Lipinski definition) is 3. The Morgan fingerprint density at radius 1 is 1.21 bits per heavy atom. The highest BCUT2D eigenvalue weighted by molar-refractivity contribution is 9.11. The minimum absolute atomic E-state index is 0.0625. The van der Waals surface area contributed by atoms with Crippen molar-refractivity contribution in [3.05, 3.63) is 26.5 Å². The summed E-state index contributed by atoms with van der Waals surface area (Å²) in [7, 11) is 0. The van der Waals surface area contributed by atoms with Crippen LogP contribution in [0.15, 0.2) is 21.3 Å². The molecular weight excluding hydrogens is 335 g/mol. The summed E-state index contributed by atoms with van der Waals surface area (Å²) in [4.78, 5) is 7.79. The summed E-state index contributed by atoms with van der Waals surface area (Å²) < 4.78 is 1.30. The lowest BCUT2D eigenvalue weighted by atomic mass is 10.2. The molecule has 0 aliphatic rings. The number of aromatic hydroxyl groups is 1. The molecule has 0 aliphatic carbocycles. The fourth-order valence-electron chi connectivity index (χ4n) is 1.12. The van der Waals surface area contributed by atoms with Gasteiger partial charge in [-0.15, -0.1) is 0 Å². The Morgan fingerprint density at radius 2 is 1.93 bits per heavy atom. The van der Waals surface area contributed by atoms with Crippen molar-refractivity contribution in [1.82, 2.24) is 9.97 Å². The monoisotopic (exact) mass is 336 g/mol. The van der Waals surface area contributed by atoms with Crippen LogP contribution in [0.25, 0.3) is 10.9 Å². The Bertz CT molecular complexity index is 518. The number of benzene rings is 1. The van der Waals surface area contributed by atoms with Crippen molar-refractivity contribution in [2.75, 3.05) is 0 Å². The van der Waals surface area contributed by atoms with Crippen LogP contribution >= 0.6 is 43.5 Å². The molecule has 1 heterocycles. The second kappa shape index (κ2) is 3.64. The summed E-state index contributed by atoms with van der Waals surface area (Å²) in [6.45, 7) is 0. The van der Waals surface area contributed by atoms with E-state index >= 15 is 0 Å². The van der Waals surface area contributed by atoms with Crippen LogP contribution in [-0.2, 0) is 0 Å². The molecule has 0 fully saturated rings. The molecule has 14 heavy (non-hydrogen) atoms. The minimum Gasteiger partial charge on any atom is -0.505 e. The number of aromatic nitrogens is 2. The van der Waals surface area contributed by atoms with Crippen molar-refractivity contribution >= 4 is 54.4 Å². The van der Waals surface area contributed by atoms with E-state index in [0.717, 1.165) is 4.47 Å². The molecule has 3 nitrogen and oxygen atoms in total. The van der Waals surface area contributed by atoms with Crippen molar-refractivity contribution in [3.63, 3.8) is 0 Å². The Hall–Kier alpha value is -0.390. The zero-order chi connectivity index (χ0) is 10.3. The maximum absolute atomic E-state index is 9.69. The second-order valence-corrected chi connectivity index (χ2v) is 4.64. The topological polar surface area (TPSA) is 46.0 Å². The molecule has 0 saturated heterocycles. The van der Waals surface area contributed by atoms with Crippen molar-refractivity contribution in [3.8, 4) is 5.75 Å². The van der Waals surface area contributed by atoms with Crippen molar-refractivity contribution in [2.45, 2.75) is 0 Å². The van der Waals surface area contributed by atoms with Gasteiger partial charge in [0.25, 0.3) is 0 Å². The summed E-state index contributed by atoms with van der Waals surface area (Å²) in [5.41, 5.74) is 0.422. The standard InChI is InChI=1S/C8H3Br2ClN2O/c9-3-1-4(10)7(14)6-5(3)8(11)13-2-12-6/h1-2,14H. The van der Waals surface area contributed by atoms with Crippen LogP contribution in [0.5, 0.6) is 5.75 Å². The Kier molecular flexibility index (Phi) is 2.64. The van der Waals surface area contributed by atoms with Gasteiger partial charge in [0.2, 0.25) is 0 Å². The maximum atomic E-state index is 9.69. The van der Waals surface area contributed by atoms with Crippen LogP contribution in [-0.4, -0.2) is 15.1 Å². The number of phenols is 1. The van der Waals surface area contributed by atoms with Crippen LogP contribution in [0, 0.1) is 0 Å². The number of hydrogen-bond donors (Lipinski definition) is 1. The summed E-state index contributed by atoms with van der Waals surface area (Å²) in [5, 5.41) is 10.6. The minimum atomic E-state index is 0.0625. The molecule has 0 radical (unpaired) electrons. The Balaban J connectivity index is 3.02. The molecule has 0 amide bonds. The van der Waals surface area contributed by atoms with Crippen LogP contribution in [0.3, 0.4) is 0 Å². The van der Waals surface area contributed by atoms with Crippen molar-refractivity contribution < 1.29 is 5.11 Å². The molecule has 1 N–H and O–H groups in total. The largest absolute Gasteiger partial charge is 0.505 e. The predicted octanol–water partition coefficient (Wildman–Crippen LogP) is 3.51. The lowest BCUT2D eigenvalue weighted by Gasteiger charge is -2.05. The van der Waals surface area contributed by atoms with E-state index in [0.29, 0.717) is 20.5 Å². The molecule has 6 heteroatoms. The van der Waals surface area contributed by atoms with Gasteiger partial charge in [-0.05, 0) is 37.9 Å². The Morgan fingerprint density at radius 3 is 2.64 bits per heavy atom. The van der Waals surface area contributed by atoms with Crippen molar-refractivity contribution in [1.29, 1.82) is 0 Å². The summed E-state index contributed by atoms with van der Waals surface area (Å²) in [5.74, 6) is 0.0625. The average molecular weight is 338 g/mol. The lowest BCUT2D eigenvalue weighted by molar-refractivity contribution is 0.477. The van der Waals surface area contributed by atoms with Gasteiger partial charge in [-0.25, -0.2) is 9.97 Å². The Labute approximate surface area is 101 Å². The number of halogens is 3. The van der Waals surface area contributed by atoms with E-state index in [1.54, 1.807) is 6.07 Å². The number of nitrogens with zero attached hydrogens (tertiary/aromatic N) is 2. The highest BCUT2D eigenvalue weighted by Gasteiger charge is 2.12. The molecule has 0 atom stereocenters. The normalized spacial score (nSPS) is 10.8. The van der Waals surface area contributed by atoms with Gasteiger partial charge in [0, 0.05) is 4.47 Å². The molecular formula is C8H3Br2ClN2O. The number of rotatable bonds is 0. The predicted molar refractivity (Wildman–Crippen MR) is 61.6 cm³/mol. The highest BCUT2D eigenvalue weighted by atomic mass is 79.9. The highest BCUT2D eigenvalue weighted by Crippen LogP contribution is 2.38. The third kappa shape index (κ3) is 1.49. The zero-order valence-electron chi connectivity index (χ0n) is 6.63. The maximum Gasteiger partial charge on any atom is 0.156 e. The molecule has 72 valence electrons. The molecule has 0 unspecified atom stereocenters. The van der Waals surface area contributed by atoms with Gasteiger partial charge >= 0.3 is 0 Å². The van der Waals surface area contributed by atoms with Crippen LogP contribution in [0.2, 0.25) is 5.15 Å². The first-order valence-electron chi connectivity index (χ1n) is 3.58. The SMILES string of the molecule is Oc1c(Br)cc(Br)c2c(Cl)ncnc12. The van der Waals surface area contributed by atoms with E-state index in [4.69, 9.17) is 11.6 Å². The van der Waals surface area contributed by atoms with Gasteiger partial charge in [-0.2, -0.15) is 0 Å². The molecule has 2 aromatic rings. The van der Waals surface area contributed by atoms with E-state index in [2.05, 4.69) is 41.8 Å². The fourth-order valence-corrected chi connectivity index (χ4v) is 2.80. The molecule has 0 bridgehead atoms. The quantitative estimate of drug-likeness (QED) is 0.748. The van der Waals surface area contributed by atoms with E-state index in [9.17, 15) is 5.11 Å². The number of fused-ring (bicyclic) bond motifs is 1. The molecule has 1 aromatic carbocycles. The van der Waals surface area contributed by atoms with Crippen LogP contribution < -0.4 is 0 Å². The van der Waals surface area contributed by atoms with Gasteiger partial charge < -0.3 is 5.11 Å². The van der Waals surface area contributed by atoms with Gasteiger partial charge in [0.15, 0.2) is 5.75 Å².